The normalized spacial score (nSPS) is 16.3. The quantitative estimate of drug-likeness (QED) is 0.466. The molecule has 0 radical (unpaired) electrons. The molecule has 0 aliphatic carbocycles. The fourth-order valence-corrected chi connectivity index (χ4v) is 4.06. The number of pyridine rings is 2. The lowest BCUT2D eigenvalue weighted by Gasteiger charge is -2.23. The zero-order valence-electron chi connectivity index (χ0n) is 17.7. The summed E-state index contributed by atoms with van der Waals surface area (Å²) in [4.78, 5) is 22.7. The van der Waals surface area contributed by atoms with Crippen molar-refractivity contribution in [3.63, 3.8) is 0 Å². The molecule has 5 rings (SSSR count). The second kappa shape index (κ2) is 8.68. The van der Waals surface area contributed by atoms with Crippen molar-refractivity contribution in [3.8, 4) is 17.1 Å². The maximum Gasteiger partial charge on any atom is 0.213 e. The first kappa shape index (κ1) is 20.6. The maximum absolute atomic E-state index is 6.65. The number of rotatable bonds is 5. The summed E-state index contributed by atoms with van der Waals surface area (Å²) >= 11 is 6.65. The summed E-state index contributed by atoms with van der Waals surface area (Å²) in [5.41, 5.74) is 3.37. The molecule has 1 atom stereocenters. The van der Waals surface area contributed by atoms with E-state index >= 15 is 0 Å². The van der Waals surface area contributed by atoms with E-state index in [1.807, 2.05) is 17.6 Å². The molecule has 0 aromatic carbocycles. The van der Waals surface area contributed by atoms with Gasteiger partial charge in [-0.25, -0.2) is 24.9 Å². The van der Waals surface area contributed by atoms with Gasteiger partial charge in [0.1, 0.15) is 29.1 Å². The number of methoxy groups -OCH3 is 1. The highest BCUT2D eigenvalue weighted by Crippen LogP contribution is 2.37. The van der Waals surface area contributed by atoms with Crippen molar-refractivity contribution in [2.45, 2.75) is 32.4 Å². The fraction of sp³-hybridized carbons (Fsp3) is 0.318. The summed E-state index contributed by atoms with van der Waals surface area (Å²) in [7, 11) is 1.58. The van der Waals surface area contributed by atoms with E-state index in [0.29, 0.717) is 39.3 Å². The Morgan fingerprint density at radius 3 is 2.81 bits per heavy atom. The SMILES string of the molecule is COc1ccc(Nc2nccc(Cl)c2-c2nc(C)nc3c2ncn3C2CCCCO2)cn1. The van der Waals surface area contributed by atoms with Gasteiger partial charge in [-0.15, -0.1) is 0 Å². The van der Waals surface area contributed by atoms with Gasteiger partial charge in [0, 0.05) is 18.9 Å². The van der Waals surface area contributed by atoms with Crippen LogP contribution in [0.3, 0.4) is 0 Å². The molecular weight excluding hydrogens is 430 g/mol. The zero-order chi connectivity index (χ0) is 22.1. The highest BCUT2D eigenvalue weighted by Gasteiger charge is 2.23. The van der Waals surface area contributed by atoms with Crippen LogP contribution in [0.4, 0.5) is 11.5 Å². The molecule has 0 bridgehead atoms. The van der Waals surface area contributed by atoms with Gasteiger partial charge in [0.15, 0.2) is 5.65 Å². The molecule has 1 aliphatic rings. The van der Waals surface area contributed by atoms with E-state index in [4.69, 9.17) is 26.1 Å². The average Bonchev–Trinajstić information content (AvgIpc) is 3.24. The highest BCUT2D eigenvalue weighted by atomic mass is 35.5. The van der Waals surface area contributed by atoms with Gasteiger partial charge in [-0.3, -0.25) is 4.57 Å². The third-order valence-electron chi connectivity index (χ3n) is 5.34. The van der Waals surface area contributed by atoms with Crippen LogP contribution in [-0.4, -0.2) is 43.2 Å². The molecule has 0 saturated carbocycles. The number of hydrogen-bond donors (Lipinski definition) is 1. The van der Waals surface area contributed by atoms with E-state index in [-0.39, 0.29) is 6.23 Å². The predicted octanol–water partition coefficient (Wildman–Crippen LogP) is 4.70. The summed E-state index contributed by atoms with van der Waals surface area (Å²) in [6.45, 7) is 2.59. The van der Waals surface area contributed by atoms with Gasteiger partial charge in [-0.05, 0) is 38.3 Å². The van der Waals surface area contributed by atoms with E-state index < -0.39 is 0 Å². The molecule has 4 aromatic rings. The van der Waals surface area contributed by atoms with E-state index in [1.54, 1.807) is 38.0 Å². The van der Waals surface area contributed by atoms with Gasteiger partial charge in [0.05, 0.1) is 35.9 Å². The Morgan fingerprint density at radius 1 is 1.16 bits per heavy atom. The van der Waals surface area contributed by atoms with Crippen molar-refractivity contribution < 1.29 is 9.47 Å². The Bertz CT molecular complexity index is 1250. The van der Waals surface area contributed by atoms with Crippen LogP contribution in [0, 0.1) is 6.92 Å². The monoisotopic (exact) mass is 451 g/mol. The third kappa shape index (κ3) is 3.85. The number of aromatic nitrogens is 6. The number of fused-ring (bicyclic) bond motifs is 1. The maximum atomic E-state index is 6.65. The number of aryl methyl sites for hydroxylation is 1. The second-order valence-corrected chi connectivity index (χ2v) is 7.90. The third-order valence-corrected chi connectivity index (χ3v) is 5.66. The molecule has 1 N–H and O–H groups in total. The van der Waals surface area contributed by atoms with Crippen molar-refractivity contribution in [1.82, 2.24) is 29.5 Å². The number of nitrogens with one attached hydrogen (secondary N) is 1. The lowest BCUT2D eigenvalue weighted by atomic mass is 10.1. The molecule has 4 aromatic heterocycles. The van der Waals surface area contributed by atoms with Crippen LogP contribution >= 0.6 is 11.6 Å². The first-order valence-corrected chi connectivity index (χ1v) is 10.8. The van der Waals surface area contributed by atoms with Gasteiger partial charge in [-0.2, -0.15) is 0 Å². The van der Waals surface area contributed by atoms with Crippen LogP contribution in [0.15, 0.2) is 36.9 Å². The molecule has 164 valence electrons. The van der Waals surface area contributed by atoms with Gasteiger partial charge >= 0.3 is 0 Å². The second-order valence-electron chi connectivity index (χ2n) is 7.50. The van der Waals surface area contributed by atoms with Crippen molar-refractivity contribution in [2.24, 2.45) is 0 Å². The molecule has 5 heterocycles. The van der Waals surface area contributed by atoms with Crippen LogP contribution in [0.2, 0.25) is 5.02 Å². The van der Waals surface area contributed by atoms with Gasteiger partial charge in [0.2, 0.25) is 5.88 Å². The Kier molecular flexibility index (Phi) is 5.59. The van der Waals surface area contributed by atoms with Gasteiger partial charge < -0.3 is 14.8 Å². The molecule has 0 amide bonds. The molecule has 1 aliphatic heterocycles. The standard InChI is InChI=1S/C22H22ClN7O2/c1-13-27-19(20-22(28-13)30(12-26-20)17-5-3-4-10-32-17)18-15(23)8-9-24-21(18)29-14-6-7-16(31-2)25-11-14/h6-9,11-12,17H,3-5,10H2,1-2H3,(H,24,29). The molecule has 1 saturated heterocycles. The van der Waals surface area contributed by atoms with Crippen molar-refractivity contribution in [3.05, 3.63) is 47.8 Å². The number of imidazole rings is 1. The van der Waals surface area contributed by atoms with Crippen LogP contribution < -0.4 is 10.1 Å². The lowest BCUT2D eigenvalue weighted by molar-refractivity contribution is -0.0298. The Morgan fingerprint density at radius 2 is 2.06 bits per heavy atom. The highest BCUT2D eigenvalue weighted by molar-refractivity contribution is 6.34. The predicted molar refractivity (Wildman–Crippen MR) is 121 cm³/mol. The molecule has 10 heteroatoms. The van der Waals surface area contributed by atoms with E-state index in [1.165, 1.54) is 0 Å². The van der Waals surface area contributed by atoms with Crippen LogP contribution in [0.5, 0.6) is 5.88 Å². The van der Waals surface area contributed by atoms with Crippen molar-refractivity contribution in [2.75, 3.05) is 19.0 Å². The van der Waals surface area contributed by atoms with Gasteiger partial charge in [0.25, 0.3) is 0 Å². The Hall–Kier alpha value is -3.30. The van der Waals surface area contributed by atoms with E-state index in [0.717, 1.165) is 37.2 Å². The summed E-state index contributed by atoms with van der Waals surface area (Å²) in [6, 6.07) is 5.36. The number of ether oxygens (including phenoxy) is 2. The average molecular weight is 452 g/mol. The first-order valence-electron chi connectivity index (χ1n) is 10.4. The number of hydrogen-bond acceptors (Lipinski definition) is 8. The zero-order valence-corrected chi connectivity index (χ0v) is 18.5. The van der Waals surface area contributed by atoms with Crippen LogP contribution in [0.1, 0.15) is 31.3 Å². The summed E-state index contributed by atoms with van der Waals surface area (Å²) in [5.74, 6) is 1.69. The Labute approximate surface area is 189 Å². The van der Waals surface area contributed by atoms with Gasteiger partial charge in [-0.1, -0.05) is 11.6 Å². The van der Waals surface area contributed by atoms with Crippen molar-refractivity contribution in [1.29, 1.82) is 0 Å². The Balaban J connectivity index is 1.61. The molecule has 0 spiro atoms. The minimum atomic E-state index is -0.0803. The molecule has 1 unspecified atom stereocenters. The topological polar surface area (TPSA) is 99.9 Å². The molecular formula is C22H22ClN7O2. The first-order chi connectivity index (χ1) is 15.6. The van der Waals surface area contributed by atoms with E-state index in [9.17, 15) is 0 Å². The summed E-state index contributed by atoms with van der Waals surface area (Å²) in [5, 5.41) is 3.79. The number of nitrogens with zero attached hydrogens (tertiary/aromatic N) is 6. The van der Waals surface area contributed by atoms with Crippen LogP contribution in [0.25, 0.3) is 22.4 Å². The minimum absolute atomic E-state index is 0.0803. The number of halogens is 1. The molecule has 1 fully saturated rings. The largest absolute Gasteiger partial charge is 0.481 e. The molecule has 32 heavy (non-hydrogen) atoms. The van der Waals surface area contributed by atoms with E-state index in [2.05, 4.69) is 25.3 Å². The summed E-state index contributed by atoms with van der Waals surface area (Å²) in [6.07, 6.45) is 8.11. The molecule has 9 nitrogen and oxygen atoms in total. The minimum Gasteiger partial charge on any atom is -0.481 e. The van der Waals surface area contributed by atoms with Crippen LogP contribution in [-0.2, 0) is 4.74 Å². The smallest absolute Gasteiger partial charge is 0.213 e. The summed E-state index contributed by atoms with van der Waals surface area (Å²) < 4.78 is 13.1. The van der Waals surface area contributed by atoms with Crippen molar-refractivity contribution >= 4 is 34.3 Å². The fourth-order valence-electron chi connectivity index (χ4n) is 3.82. The number of anilines is 2. The lowest BCUT2D eigenvalue weighted by Crippen LogP contribution is -2.18.